The zero-order valence-corrected chi connectivity index (χ0v) is 11.7. The fourth-order valence-electron chi connectivity index (χ4n) is 1.62. The molecule has 0 saturated heterocycles. The second-order valence-corrected chi connectivity index (χ2v) is 5.54. The number of hydrogen-bond donors (Lipinski definition) is 0. The van der Waals surface area contributed by atoms with Crippen LogP contribution >= 0.6 is 34.5 Å². The van der Waals surface area contributed by atoms with Gasteiger partial charge in [0.15, 0.2) is 10.6 Å². The highest BCUT2D eigenvalue weighted by atomic mass is 35.5. The Kier molecular flexibility index (Phi) is 4.19. The first-order valence-electron chi connectivity index (χ1n) is 5.14. The van der Waals surface area contributed by atoms with Crippen molar-refractivity contribution in [3.05, 3.63) is 50.7 Å². The summed E-state index contributed by atoms with van der Waals surface area (Å²) in [5.74, 6) is -0.552. The molecule has 0 amide bonds. The molecule has 7 heteroatoms. The van der Waals surface area contributed by atoms with E-state index in [9.17, 15) is 14.9 Å². The van der Waals surface area contributed by atoms with Gasteiger partial charge in [-0.3, -0.25) is 14.9 Å². The van der Waals surface area contributed by atoms with Gasteiger partial charge in [-0.05, 0) is 28.5 Å². The van der Waals surface area contributed by atoms with E-state index in [1.807, 2.05) is 5.38 Å². The van der Waals surface area contributed by atoms with E-state index in [1.54, 1.807) is 11.4 Å². The summed E-state index contributed by atoms with van der Waals surface area (Å²) >= 11 is 12.4. The molecule has 0 aliphatic carbocycles. The van der Waals surface area contributed by atoms with Crippen LogP contribution in [-0.4, -0.2) is 15.5 Å². The van der Waals surface area contributed by atoms with Crippen LogP contribution in [0.5, 0.6) is 0 Å². The maximum atomic E-state index is 11.6. The first kappa shape index (κ1) is 14.0. The summed E-state index contributed by atoms with van der Waals surface area (Å²) in [6.45, 7) is 0. The summed E-state index contributed by atoms with van der Waals surface area (Å²) in [6.07, 6.45) is 0. The van der Waals surface area contributed by atoms with Gasteiger partial charge >= 0.3 is 0 Å². The van der Waals surface area contributed by atoms with Crippen molar-refractivity contribution in [2.24, 2.45) is 0 Å². The highest BCUT2D eigenvalue weighted by Gasteiger charge is 2.21. The minimum atomic E-state index is -1.23. The molecule has 1 aromatic heterocycles. The van der Waals surface area contributed by atoms with Gasteiger partial charge in [0.2, 0.25) is 0 Å². The fourth-order valence-corrected chi connectivity index (χ4v) is 2.53. The average molecular weight is 316 g/mol. The lowest BCUT2D eigenvalue weighted by Crippen LogP contribution is -2.08. The standard InChI is InChI=1S/C12H7Cl2NO3S/c13-12(14)11(16)7-1-2-9(8-3-4-19-6-8)10(5-7)15(17)18/h1-6,12H. The maximum absolute atomic E-state index is 11.6. The molecule has 0 fully saturated rings. The van der Waals surface area contributed by atoms with Gasteiger partial charge < -0.3 is 0 Å². The molecule has 0 aliphatic rings. The van der Waals surface area contributed by atoms with Gasteiger partial charge in [0, 0.05) is 11.6 Å². The van der Waals surface area contributed by atoms with Crippen LogP contribution in [0.4, 0.5) is 5.69 Å². The molecule has 0 N–H and O–H groups in total. The zero-order chi connectivity index (χ0) is 14.0. The van der Waals surface area contributed by atoms with Crippen LogP contribution in [0.25, 0.3) is 11.1 Å². The van der Waals surface area contributed by atoms with E-state index in [2.05, 4.69) is 0 Å². The Hall–Kier alpha value is -1.43. The molecule has 0 atom stereocenters. The van der Waals surface area contributed by atoms with Crippen LogP contribution in [0, 0.1) is 10.1 Å². The minimum Gasteiger partial charge on any atom is -0.291 e. The topological polar surface area (TPSA) is 60.2 Å². The van der Waals surface area contributed by atoms with Crippen molar-refractivity contribution >= 4 is 46.0 Å². The molecule has 1 aromatic carbocycles. The quantitative estimate of drug-likeness (QED) is 0.365. The summed E-state index contributed by atoms with van der Waals surface area (Å²) in [4.78, 5) is 21.0. The van der Waals surface area contributed by atoms with E-state index in [4.69, 9.17) is 23.2 Å². The number of ketones is 1. The van der Waals surface area contributed by atoms with Crippen molar-refractivity contribution in [1.82, 2.24) is 0 Å². The predicted molar refractivity (Wildman–Crippen MR) is 76.2 cm³/mol. The summed E-state index contributed by atoms with van der Waals surface area (Å²) in [5.41, 5.74) is 1.19. The summed E-state index contributed by atoms with van der Waals surface area (Å²) in [7, 11) is 0. The summed E-state index contributed by atoms with van der Waals surface area (Å²) in [6, 6.07) is 6.00. The fraction of sp³-hybridized carbons (Fsp3) is 0.0833. The molecule has 2 rings (SSSR count). The highest BCUT2D eigenvalue weighted by molar-refractivity contribution is 7.08. The van der Waals surface area contributed by atoms with Gasteiger partial charge in [-0.2, -0.15) is 11.3 Å². The van der Waals surface area contributed by atoms with Crippen molar-refractivity contribution < 1.29 is 9.72 Å². The average Bonchev–Trinajstić information content (AvgIpc) is 2.90. The number of nitro groups is 1. The van der Waals surface area contributed by atoms with Crippen LogP contribution < -0.4 is 0 Å². The molecule has 4 nitrogen and oxygen atoms in total. The smallest absolute Gasteiger partial charge is 0.277 e. The van der Waals surface area contributed by atoms with Crippen molar-refractivity contribution in [3.8, 4) is 11.1 Å². The van der Waals surface area contributed by atoms with Crippen molar-refractivity contribution in [1.29, 1.82) is 0 Å². The minimum absolute atomic E-state index is 0.126. The lowest BCUT2D eigenvalue weighted by molar-refractivity contribution is -0.384. The molecule has 0 radical (unpaired) electrons. The molecule has 0 saturated carbocycles. The van der Waals surface area contributed by atoms with Gasteiger partial charge in [-0.1, -0.05) is 29.3 Å². The second-order valence-electron chi connectivity index (χ2n) is 3.67. The van der Waals surface area contributed by atoms with E-state index in [0.717, 1.165) is 5.56 Å². The van der Waals surface area contributed by atoms with E-state index in [-0.39, 0.29) is 11.3 Å². The lowest BCUT2D eigenvalue weighted by Gasteiger charge is -2.05. The predicted octanol–water partition coefficient (Wildman–Crippen LogP) is 4.31. The highest BCUT2D eigenvalue weighted by Crippen LogP contribution is 2.32. The van der Waals surface area contributed by atoms with Crippen LogP contribution in [-0.2, 0) is 0 Å². The monoisotopic (exact) mass is 315 g/mol. The number of halogens is 2. The largest absolute Gasteiger partial charge is 0.291 e. The zero-order valence-electron chi connectivity index (χ0n) is 9.38. The molecular weight excluding hydrogens is 309 g/mol. The van der Waals surface area contributed by atoms with Gasteiger partial charge in [0.25, 0.3) is 5.69 Å². The van der Waals surface area contributed by atoms with Crippen molar-refractivity contribution in [2.45, 2.75) is 4.84 Å². The first-order chi connectivity index (χ1) is 9.00. The molecule has 2 aromatic rings. The Morgan fingerprint density at radius 1 is 1.32 bits per heavy atom. The number of carbonyl (C=O) groups excluding carboxylic acids is 1. The SMILES string of the molecule is O=C(c1ccc(-c2ccsc2)c([N+](=O)[O-])c1)C(Cl)Cl. The van der Waals surface area contributed by atoms with Crippen molar-refractivity contribution in [3.63, 3.8) is 0 Å². The third kappa shape index (κ3) is 2.94. The number of Topliss-reactive ketones (excluding diaryl/α,β-unsaturated/α-hetero) is 1. The number of benzene rings is 1. The third-order valence-electron chi connectivity index (χ3n) is 2.51. The molecule has 0 unspecified atom stereocenters. The summed E-state index contributed by atoms with van der Waals surface area (Å²) < 4.78 is 0. The molecule has 98 valence electrons. The first-order valence-corrected chi connectivity index (χ1v) is 6.95. The Bertz CT molecular complexity index is 626. The van der Waals surface area contributed by atoms with E-state index in [0.29, 0.717) is 5.56 Å². The number of rotatable bonds is 4. The number of hydrogen-bond acceptors (Lipinski definition) is 4. The Labute approximate surface area is 122 Å². The van der Waals surface area contributed by atoms with E-state index < -0.39 is 15.5 Å². The van der Waals surface area contributed by atoms with E-state index in [1.165, 1.54) is 29.5 Å². The number of nitro benzene ring substituents is 1. The van der Waals surface area contributed by atoms with Crippen LogP contribution in [0.1, 0.15) is 10.4 Å². The molecule has 0 spiro atoms. The van der Waals surface area contributed by atoms with Gasteiger partial charge in [-0.25, -0.2) is 0 Å². The normalized spacial score (nSPS) is 10.7. The van der Waals surface area contributed by atoms with E-state index >= 15 is 0 Å². The number of nitrogens with zero attached hydrogens (tertiary/aromatic N) is 1. The molecular formula is C12H7Cl2NO3S. The summed E-state index contributed by atoms with van der Waals surface area (Å²) in [5, 5.41) is 14.7. The number of thiophene rings is 1. The van der Waals surface area contributed by atoms with Crippen LogP contribution in [0.2, 0.25) is 0 Å². The van der Waals surface area contributed by atoms with Crippen LogP contribution in [0.15, 0.2) is 35.0 Å². The molecule has 0 bridgehead atoms. The Morgan fingerprint density at radius 3 is 2.58 bits per heavy atom. The number of carbonyl (C=O) groups is 1. The number of alkyl halides is 2. The second kappa shape index (κ2) is 5.69. The lowest BCUT2D eigenvalue weighted by atomic mass is 10.0. The molecule has 0 aliphatic heterocycles. The molecule has 1 heterocycles. The van der Waals surface area contributed by atoms with Crippen LogP contribution in [0.3, 0.4) is 0 Å². The maximum Gasteiger partial charge on any atom is 0.277 e. The third-order valence-corrected chi connectivity index (χ3v) is 3.59. The van der Waals surface area contributed by atoms with Crippen molar-refractivity contribution in [2.75, 3.05) is 0 Å². The Morgan fingerprint density at radius 2 is 2.05 bits per heavy atom. The van der Waals surface area contributed by atoms with Gasteiger partial charge in [0.1, 0.15) is 0 Å². The molecule has 19 heavy (non-hydrogen) atoms. The van der Waals surface area contributed by atoms with Gasteiger partial charge in [-0.15, -0.1) is 0 Å². The van der Waals surface area contributed by atoms with Gasteiger partial charge in [0.05, 0.1) is 10.5 Å². The Balaban J connectivity index is 2.54.